The number of thiophene rings is 1. The van der Waals surface area contributed by atoms with E-state index in [9.17, 15) is 0 Å². The van der Waals surface area contributed by atoms with Crippen molar-refractivity contribution in [1.82, 2.24) is 0 Å². The first-order chi connectivity index (χ1) is 8.74. The van der Waals surface area contributed by atoms with E-state index in [0.29, 0.717) is 5.02 Å². The third kappa shape index (κ3) is 3.05. The average molecular weight is 282 g/mol. The van der Waals surface area contributed by atoms with E-state index in [2.05, 4.69) is 29.3 Å². The summed E-state index contributed by atoms with van der Waals surface area (Å²) in [5, 5.41) is 11.9. The largest absolute Gasteiger partial charge is 0.392 e. The van der Waals surface area contributed by atoms with Crippen LogP contribution >= 0.6 is 22.9 Å². The molecule has 0 atom stereocenters. The Labute approximate surface area is 116 Å². The highest BCUT2D eigenvalue weighted by Gasteiger charge is 2.10. The van der Waals surface area contributed by atoms with Gasteiger partial charge in [0, 0.05) is 11.4 Å². The van der Waals surface area contributed by atoms with E-state index in [4.69, 9.17) is 16.7 Å². The third-order valence-corrected chi connectivity index (χ3v) is 4.01. The number of nitrogens with zero attached hydrogens (tertiary/aromatic N) is 1. The van der Waals surface area contributed by atoms with Gasteiger partial charge in [-0.3, -0.25) is 0 Å². The van der Waals surface area contributed by atoms with Crippen LogP contribution in [0.2, 0.25) is 5.02 Å². The van der Waals surface area contributed by atoms with Gasteiger partial charge >= 0.3 is 0 Å². The fourth-order valence-corrected chi connectivity index (χ4v) is 2.91. The van der Waals surface area contributed by atoms with Crippen molar-refractivity contribution in [3.05, 3.63) is 51.2 Å². The van der Waals surface area contributed by atoms with E-state index in [1.54, 1.807) is 11.3 Å². The highest BCUT2D eigenvalue weighted by atomic mass is 35.5. The van der Waals surface area contributed by atoms with Gasteiger partial charge in [0.2, 0.25) is 0 Å². The summed E-state index contributed by atoms with van der Waals surface area (Å²) in [5.74, 6) is 0. The number of halogens is 1. The molecule has 2 aromatic rings. The Bertz CT molecular complexity index is 499. The number of hydrogen-bond acceptors (Lipinski definition) is 3. The van der Waals surface area contributed by atoms with Crippen LogP contribution in [0.1, 0.15) is 17.4 Å². The predicted octanol–water partition coefficient (Wildman–Crippen LogP) is 3.92. The molecule has 1 heterocycles. The first-order valence-corrected chi connectivity index (χ1v) is 7.17. The minimum Gasteiger partial charge on any atom is -0.392 e. The van der Waals surface area contributed by atoms with Crippen LogP contribution in [-0.2, 0) is 13.2 Å². The molecule has 4 heteroatoms. The van der Waals surface area contributed by atoms with Crippen molar-refractivity contribution in [2.24, 2.45) is 0 Å². The summed E-state index contributed by atoms with van der Waals surface area (Å²) >= 11 is 8.02. The molecule has 0 saturated carbocycles. The van der Waals surface area contributed by atoms with E-state index in [0.717, 1.165) is 24.3 Å². The SMILES string of the molecule is CCN(Cc1cccs1)c1ccc(CO)cc1Cl. The Morgan fingerprint density at radius 1 is 1.33 bits per heavy atom. The van der Waals surface area contributed by atoms with Crippen LogP contribution in [0.4, 0.5) is 5.69 Å². The summed E-state index contributed by atoms with van der Waals surface area (Å²) in [6, 6.07) is 9.91. The fraction of sp³-hybridized carbons (Fsp3) is 0.286. The highest BCUT2D eigenvalue weighted by Crippen LogP contribution is 2.28. The van der Waals surface area contributed by atoms with Gasteiger partial charge < -0.3 is 10.0 Å². The second kappa shape index (κ2) is 6.23. The summed E-state index contributed by atoms with van der Waals surface area (Å²) in [6.45, 7) is 3.91. The Morgan fingerprint density at radius 3 is 2.72 bits per heavy atom. The van der Waals surface area contributed by atoms with Gasteiger partial charge in [-0.1, -0.05) is 23.7 Å². The molecular weight excluding hydrogens is 266 g/mol. The van der Waals surface area contributed by atoms with Crippen molar-refractivity contribution in [3.8, 4) is 0 Å². The van der Waals surface area contributed by atoms with Crippen molar-refractivity contribution in [3.63, 3.8) is 0 Å². The number of aliphatic hydroxyl groups is 1. The van der Waals surface area contributed by atoms with Crippen molar-refractivity contribution < 1.29 is 5.11 Å². The molecule has 0 saturated heterocycles. The number of hydrogen-bond donors (Lipinski definition) is 1. The average Bonchev–Trinajstić information content (AvgIpc) is 2.89. The minimum absolute atomic E-state index is 0.0249. The zero-order valence-electron chi connectivity index (χ0n) is 10.3. The van der Waals surface area contributed by atoms with Gasteiger partial charge in [-0.05, 0) is 36.1 Å². The van der Waals surface area contributed by atoms with Crippen molar-refractivity contribution in [2.45, 2.75) is 20.1 Å². The van der Waals surface area contributed by atoms with Crippen LogP contribution in [0.3, 0.4) is 0 Å². The van der Waals surface area contributed by atoms with Gasteiger partial charge in [-0.2, -0.15) is 0 Å². The summed E-state index contributed by atoms with van der Waals surface area (Å²) < 4.78 is 0. The van der Waals surface area contributed by atoms with Gasteiger partial charge in [0.25, 0.3) is 0 Å². The van der Waals surface area contributed by atoms with Gasteiger partial charge in [-0.15, -0.1) is 11.3 Å². The molecule has 1 aromatic heterocycles. The Kier molecular flexibility index (Phi) is 4.64. The van der Waals surface area contributed by atoms with Crippen LogP contribution in [-0.4, -0.2) is 11.7 Å². The number of anilines is 1. The smallest absolute Gasteiger partial charge is 0.0682 e. The maximum atomic E-state index is 9.09. The lowest BCUT2D eigenvalue weighted by atomic mass is 10.2. The molecule has 0 aliphatic heterocycles. The molecule has 96 valence electrons. The lowest BCUT2D eigenvalue weighted by Gasteiger charge is -2.24. The summed E-state index contributed by atoms with van der Waals surface area (Å²) in [7, 11) is 0. The molecule has 0 aliphatic rings. The predicted molar refractivity (Wildman–Crippen MR) is 78.4 cm³/mol. The molecular formula is C14H16ClNOS. The molecule has 2 rings (SSSR count). The maximum absolute atomic E-state index is 9.09. The molecule has 1 aromatic carbocycles. The summed E-state index contributed by atoms with van der Waals surface area (Å²) in [5.41, 5.74) is 1.86. The molecule has 18 heavy (non-hydrogen) atoms. The molecule has 1 N–H and O–H groups in total. The van der Waals surface area contributed by atoms with Crippen LogP contribution in [0, 0.1) is 0 Å². The second-order valence-corrected chi connectivity index (χ2v) is 5.48. The van der Waals surface area contributed by atoms with E-state index in [1.165, 1.54) is 4.88 Å². The van der Waals surface area contributed by atoms with E-state index in [1.807, 2.05) is 18.2 Å². The maximum Gasteiger partial charge on any atom is 0.0682 e. The van der Waals surface area contributed by atoms with Gasteiger partial charge in [0.15, 0.2) is 0 Å². The van der Waals surface area contributed by atoms with Crippen LogP contribution < -0.4 is 4.90 Å². The minimum atomic E-state index is 0.0249. The fourth-order valence-electron chi connectivity index (χ4n) is 1.86. The molecule has 0 aliphatic carbocycles. The number of rotatable bonds is 5. The van der Waals surface area contributed by atoms with Gasteiger partial charge in [0.1, 0.15) is 0 Å². The van der Waals surface area contributed by atoms with Crippen molar-refractivity contribution >= 4 is 28.6 Å². The van der Waals surface area contributed by atoms with Crippen LogP contribution in [0.15, 0.2) is 35.7 Å². The highest BCUT2D eigenvalue weighted by molar-refractivity contribution is 7.09. The lowest BCUT2D eigenvalue weighted by molar-refractivity contribution is 0.282. The monoisotopic (exact) mass is 281 g/mol. The van der Waals surface area contributed by atoms with Crippen LogP contribution in [0.25, 0.3) is 0 Å². The first-order valence-electron chi connectivity index (χ1n) is 5.91. The number of aliphatic hydroxyl groups excluding tert-OH is 1. The molecule has 0 unspecified atom stereocenters. The van der Waals surface area contributed by atoms with Gasteiger partial charge in [0.05, 0.1) is 23.9 Å². The quantitative estimate of drug-likeness (QED) is 0.898. The molecule has 0 amide bonds. The molecule has 0 spiro atoms. The lowest BCUT2D eigenvalue weighted by Crippen LogP contribution is -2.21. The topological polar surface area (TPSA) is 23.5 Å². The van der Waals surface area contributed by atoms with Crippen molar-refractivity contribution in [2.75, 3.05) is 11.4 Å². The zero-order valence-corrected chi connectivity index (χ0v) is 11.8. The Balaban J connectivity index is 2.22. The van der Waals surface area contributed by atoms with Crippen LogP contribution in [0.5, 0.6) is 0 Å². The Hall–Kier alpha value is -1.03. The van der Waals surface area contributed by atoms with Crippen molar-refractivity contribution in [1.29, 1.82) is 0 Å². The second-order valence-electron chi connectivity index (χ2n) is 4.04. The summed E-state index contributed by atoms with van der Waals surface area (Å²) in [4.78, 5) is 3.55. The van der Waals surface area contributed by atoms with Gasteiger partial charge in [-0.25, -0.2) is 0 Å². The molecule has 0 bridgehead atoms. The van der Waals surface area contributed by atoms with E-state index >= 15 is 0 Å². The standard InChI is InChI=1S/C14H16ClNOS/c1-2-16(9-12-4-3-7-18-12)14-6-5-11(10-17)8-13(14)15/h3-8,17H,2,9-10H2,1H3. The summed E-state index contributed by atoms with van der Waals surface area (Å²) in [6.07, 6.45) is 0. The van der Waals surface area contributed by atoms with E-state index < -0.39 is 0 Å². The third-order valence-electron chi connectivity index (χ3n) is 2.84. The Morgan fingerprint density at radius 2 is 2.17 bits per heavy atom. The normalized spacial score (nSPS) is 10.6. The van der Waals surface area contributed by atoms with E-state index in [-0.39, 0.29) is 6.61 Å². The first kappa shape index (κ1) is 13.4. The molecule has 2 nitrogen and oxygen atoms in total. The molecule has 0 fully saturated rings. The zero-order chi connectivity index (χ0) is 13.0. The number of benzene rings is 1. The molecule has 0 radical (unpaired) electrons.